The lowest BCUT2D eigenvalue weighted by atomic mass is 10.1. The molecule has 27 heavy (non-hydrogen) atoms. The van der Waals surface area contributed by atoms with Gasteiger partial charge in [-0.25, -0.2) is 13.2 Å². The quantitative estimate of drug-likeness (QED) is 0.611. The number of aliphatic hydroxyl groups excluding tert-OH is 1. The van der Waals surface area contributed by atoms with E-state index in [1.54, 1.807) is 12.1 Å². The third-order valence-corrected chi connectivity index (χ3v) is 5.94. The van der Waals surface area contributed by atoms with Crippen LogP contribution in [0.3, 0.4) is 0 Å². The van der Waals surface area contributed by atoms with Crippen molar-refractivity contribution < 1.29 is 18.3 Å². The molecule has 0 bridgehead atoms. The first-order chi connectivity index (χ1) is 12.9. The zero-order chi connectivity index (χ0) is 19.7. The van der Waals surface area contributed by atoms with Crippen LogP contribution in [0, 0.1) is 0 Å². The molecule has 0 fully saturated rings. The predicted octanol–water partition coefficient (Wildman–Crippen LogP) is 2.06. The Balaban J connectivity index is 1.74. The van der Waals surface area contributed by atoms with Gasteiger partial charge in [-0.3, -0.25) is 0 Å². The van der Waals surface area contributed by atoms with Gasteiger partial charge in [-0.2, -0.15) is 0 Å². The second-order valence-corrected chi connectivity index (χ2v) is 8.33. The topological polar surface area (TPSA) is 95.5 Å². The van der Waals surface area contributed by atoms with Crippen LogP contribution >= 0.6 is 0 Å². The second kappa shape index (κ2) is 10.1. The Kier molecular flexibility index (Phi) is 7.82. The van der Waals surface area contributed by atoms with E-state index in [0.717, 1.165) is 18.4 Å². The van der Waals surface area contributed by atoms with Crippen LogP contribution < -0.4 is 10.6 Å². The Morgan fingerprint density at radius 1 is 0.926 bits per heavy atom. The fraction of sp³-hybridized carbons (Fsp3) is 0.350. The lowest BCUT2D eigenvalue weighted by Crippen LogP contribution is -2.36. The summed E-state index contributed by atoms with van der Waals surface area (Å²) in [7, 11) is -3.45. The van der Waals surface area contributed by atoms with Gasteiger partial charge >= 0.3 is 6.03 Å². The van der Waals surface area contributed by atoms with Crippen molar-refractivity contribution in [3.63, 3.8) is 0 Å². The highest BCUT2D eigenvalue weighted by Gasteiger charge is 2.13. The van der Waals surface area contributed by atoms with Gasteiger partial charge in [-0.15, -0.1) is 0 Å². The first-order valence-corrected chi connectivity index (χ1v) is 10.6. The molecule has 0 saturated carbocycles. The fourth-order valence-electron chi connectivity index (χ4n) is 2.56. The molecule has 2 rings (SSSR count). The molecule has 0 spiro atoms. The molecule has 0 aliphatic carbocycles. The summed E-state index contributed by atoms with van der Waals surface area (Å²) in [5.41, 5.74) is 3.26. The highest BCUT2D eigenvalue weighted by molar-refractivity contribution is 7.91. The summed E-state index contributed by atoms with van der Waals surface area (Å²) < 4.78 is 23.7. The predicted molar refractivity (Wildman–Crippen MR) is 105 cm³/mol. The van der Waals surface area contributed by atoms with Crippen LogP contribution in [0.4, 0.5) is 4.79 Å². The van der Waals surface area contributed by atoms with Crippen LogP contribution in [0.1, 0.15) is 23.6 Å². The van der Waals surface area contributed by atoms with Gasteiger partial charge in [0.25, 0.3) is 0 Å². The molecule has 0 aliphatic heterocycles. The Hall–Kier alpha value is -2.38. The van der Waals surface area contributed by atoms with E-state index in [1.165, 1.54) is 23.3 Å². The molecule has 2 aromatic rings. The van der Waals surface area contributed by atoms with E-state index >= 15 is 0 Å². The zero-order valence-corrected chi connectivity index (χ0v) is 16.3. The summed E-state index contributed by atoms with van der Waals surface area (Å²) in [6.45, 7) is 2.55. The first-order valence-electron chi connectivity index (χ1n) is 8.96. The number of rotatable bonds is 9. The number of aliphatic hydroxyl groups is 1. The fourth-order valence-corrected chi connectivity index (χ4v) is 3.59. The number of carbonyl (C=O) groups excluding carboxylic acids is 1. The van der Waals surface area contributed by atoms with Crippen molar-refractivity contribution in [2.75, 3.05) is 18.9 Å². The van der Waals surface area contributed by atoms with E-state index in [-0.39, 0.29) is 16.7 Å². The summed E-state index contributed by atoms with van der Waals surface area (Å²) in [4.78, 5) is 12.0. The van der Waals surface area contributed by atoms with E-state index < -0.39 is 16.4 Å². The van der Waals surface area contributed by atoms with E-state index in [1.807, 2.05) is 0 Å². The van der Waals surface area contributed by atoms with E-state index in [9.17, 15) is 13.2 Å². The second-order valence-electron chi connectivity index (χ2n) is 6.22. The minimum Gasteiger partial charge on any atom is -0.395 e. The van der Waals surface area contributed by atoms with Crippen molar-refractivity contribution in [2.24, 2.45) is 0 Å². The van der Waals surface area contributed by atoms with Crippen LogP contribution in [-0.2, 0) is 29.2 Å². The van der Waals surface area contributed by atoms with Crippen molar-refractivity contribution in [1.82, 2.24) is 10.6 Å². The van der Waals surface area contributed by atoms with Crippen LogP contribution in [0.5, 0.6) is 0 Å². The van der Waals surface area contributed by atoms with Gasteiger partial charge in [0.2, 0.25) is 0 Å². The standard InChI is InChI=1S/C20H26N2O4S/c1-2-16-3-5-17(6-4-16)11-12-21-20(24)22-15-18-7-9-19(10-8-18)27(25,26)14-13-23/h3-10,23H,2,11-15H2,1H3,(H2,21,22,24). The lowest BCUT2D eigenvalue weighted by molar-refractivity contribution is 0.240. The third kappa shape index (κ3) is 6.69. The first kappa shape index (κ1) is 20.9. The molecule has 0 saturated heterocycles. The zero-order valence-electron chi connectivity index (χ0n) is 15.4. The Bertz CT molecular complexity index is 831. The maximum Gasteiger partial charge on any atom is 0.315 e. The van der Waals surface area contributed by atoms with Gasteiger partial charge in [-0.05, 0) is 41.7 Å². The monoisotopic (exact) mass is 390 g/mol. The van der Waals surface area contributed by atoms with Crippen molar-refractivity contribution in [1.29, 1.82) is 0 Å². The normalized spacial score (nSPS) is 11.2. The molecule has 0 radical (unpaired) electrons. The summed E-state index contributed by atoms with van der Waals surface area (Å²) in [5.74, 6) is -0.297. The summed E-state index contributed by atoms with van der Waals surface area (Å²) in [5, 5.41) is 14.4. The average Bonchev–Trinajstić information content (AvgIpc) is 2.67. The highest BCUT2D eigenvalue weighted by Crippen LogP contribution is 2.12. The Labute approximate surface area is 160 Å². The largest absolute Gasteiger partial charge is 0.395 e. The van der Waals surface area contributed by atoms with Gasteiger partial charge in [0, 0.05) is 13.1 Å². The smallest absolute Gasteiger partial charge is 0.315 e. The maximum atomic E-state index is 11.9. The van der Waals surface area contributed by atoms with Crippen molar-refractivity contribution >= 4 is 15.9 Å². The minimum atomic E-state index is -3.45. The van der Waals surface area contributed by atoms with Crippen LogP contribution in [0.25, 0.3) is 0 Å². The van der Waals surface area contributed by atoms with Gasteiger partial charge in [0.1, 0.15) is 0 Å². The molecule has 0 aromatic heterocycles. The van der Waals surface area contributed by atoms with Gasteiger partial charge in [-0.1, -0.05) is 43.3 Å². The molecular formula is C20H26N2O4S. The number of amides is 2. The molecule has 0 aliphatic rings. The summed E-state index contributed by atoms with van der Waals surface area (Å²) >= 11 is 0. The Morgan fingerprint density at radius 3 is 2.11 bits per heavy atom. The lowest BCUT2D eigenvalue weighted by Gasteiger charge is -2.09. The molecule has 0 atom stereocenters. The number of hydrogen-bond acceptors (Lipinski definition) is 4. The molecule has 146 valence electrons. The van der Waals surface area contributed by atoms with Gasteiger partial charge < -0.3 is 15.7 Å². The number of nitrogens with one attached hydrogen (secondary N) is 2. The maximum absolute atomic E-state index is 11.9. The minimum absolute atomic E-state index is 0.166. The van der Waals surface area contributed by atoms with Crippen LogP contribution in [0.15, 0.2) is 53.4 Å². The molecule has 3 N–H and O–H groups in total. The molecule has 2 aromatic carbocycles. The van der Waals surface area contributed by atoms with Crippen molar-refractivity contribution in [3.8, 4) is 0 Å². The van der Waals surface area contributed by atoms with Gasteiger partial charge in [0.05, 0.1) is 17.3 Å². The van der Waals surface area contributed by atoms with E-state index in [2.05, 4.69) is 41.8 Å². The third-order valence-electron chi connectivity index (χ3n) is 4.23. The number of carbonyl (C=O) groups is 1. The van der Waals surface area contributed by atoms with Crippen molar-refractivity contribution in [2.45, 2.75) is 31.2 Å². The SMILES string of the molecule is CCc1ccc(CCNC(=O)NCc2ccc(S(=O)(=O)CCO)cc2)cc1. The van der Waals surface area contributed by atoms with Crippen LogP contribution in [0.2, 0.25) is 0 Å². The molecular weight excluding hydrogens is 364 g/mol. The Morgan fingerprint density at radius 2 is 1.52 bits per heavy atom. The van der Waals surface area contributed by atoms with Crippen LogP contribution in [-0.4, -0.2) is 38.5 Å². The van der Waals surface area contributed by atoms with E-state index in [0.29, 0.717) is 13.1 Å². The molecule has 7 heteroatoms. The highest BCUT2D eigenvalue weighted by atomic mass is 32.2. The van der Waals surface area contributed by atoms with E-state index in [4.69, 9.17) is 5.11 Å². The van der Waals surface area contributed by atoms with Gasteiger partial charge in [0.15, 0.2) is 9.84 Å². The number of hydrogen-bond donors (Lipinski definition) is 3. The average molecular weight is 391 g/mol. The summed E-state index contributed by atoms with van der Waals surface area (Å²) in [6.07, 6.45) is 1.77. The molecule has 6 nitrogen and oxygen atoms in total. The number of urea groups is 1. The molecule has 0 heterocycles. The summed E-state index contributed by atoms with van der Waals surface area (Å²) in [6, 6.07) is 14.4. The number of sulfone groups is 1. The molecule has 0 unspecified atom stereocenters. The number of aryl methyl sites for hydroxylation is 1. The molecule has 2 amide bonds. The number of benzene rings is 2. The van der Waals surface area contributed by atoms with Crippen molar-refractivity contribution in [3.05, 3.63) is 65.2 Å².